The lowest BCUT2D eigenvalue weighted by Gasteiger charge is -2.10. The van der Waals surface area contributed by atoms with Crippen LogP contribution in [-0.2, 0) is 0 Å². The van der Waals surface area contributed by atoms with Crippen molar-refractivity contribution in [2.75, 3.05) is 11.9 Å². The van der Waals surface area contributed by atoms with E-state index in [-0.39, 0.29) is 11.6 Å². The molecule has 4 nitrogen and oxygen atoms in total. The molecule has 0 amide bonds. The van der Waals surface area contributed by atoms with E-state index in [0.717, 1.165) is 6.07 Å². The SMILES string of the molecule is CCNc1ncc(C)c(Oc2cc(Br)cc(F)c2F)n1. The van der Waals surface area contributed by atoms with E-state index in [9.17, 15) is 8.78 Å². The molecule has 0 aliphatic heterocycles. The molecule has 1 heterocycles. The summed E-state index contributed by atoms with van der Waals surface area (Å²) < 4.78 is 32.7. The Hall–Kier alpha value is -1.76. The van der Waals surface area contributed by atoms with Gasteiger partial charge in [-0.25, -0.2) is 9.37 Å². The first kappa shape index (κ1) is 14.6. The molecule has 1 aromatic carbocycles. The van der Waals surface area contributed by atoms with Crippen molar-refractivity contribution in [2.24, 2.45) is 0 Å². The Morgan fingerprint density at radius 2 is 2.10 bits per heavy atom. The summed E-state index contributed by atoms with van der Waals surface area (Å²) in [5.41, 5.74) is 0.617. The Balaban J connectivity index is 2.36. The fourth-order valence-corrected chi connectivity index (χ4v) is 1.89. The number of rotatable bonds is 4. The van der Waals surface area contributed by atoms with Crippen LogP contribution in [0.3, 0.4) is 0 Å². The third-order valence-corrected chi connectivity index (χ3v) is 2.88. The molecular formula is C13H12BrF2N3O. The van der Waals surface area contributed by atoms with Crippen LogP contribution < -0.4 is 10.1 Å². The molecule has 2 aromatic rings. The predicted octanol–water partition coefficient (Wildman–Crippen LogP) is 4.05. The molecule has 0 atom stereocenters. The molecule has 20 heavy (non-hydrogen) atoms. The number of ether oxygens (including phenoxy) is 1. The van der Waals surface area contributed by atoms with Crippen LogP contribution in [0.5, 0.6) is 11.6 Å². The maximum atomic E-state index is 13.7. The number of aromatic nitrogens is 2. The Bertz CT molecular complexity index is 637. The first-order chi connectivity index (χ1) is 9.51. The molecular weight excluding hydrogens is 332 g/mol. The van der Waals surface area contributed by atoms with Gasteiger partial charge in [-0.1, -0.05) is 15.9 Å². The molecule has 0 fully saturated rings. The molecule has 2 rings (SSSR count). The van der Waals surface area contributed by atoms with Gasteiger partial charge in [-0.3, -0.25) is 0 Å². The highest BCUT2D eigenvalue weighted by Crippen LogP contribution is 2.30. The van der Waals surface area contributed by atoms with Crippen LogP contribution in [0.15, 0.2) is 22.8 Å². The van der Waals surface area contributed by atoms with Crippen LogP contribution in [0.4, 0.5) is 14.7 Å². The third-order valence-electron chi connectivity index (χ3n) is 2.43. The first-order valence-electron chi connectivity index (χ1n) is 5.91. The monoisotopic (exact) mass is 343 g/mol. The Morgan fingerprint density at radius 1 is 1.35 bits per heavy atom. The van der Waals surface area contributed by atoms with Crippen molar-refractivity contribution >= 4 is 21.9 Å². The maximum Gasteiger partial charge on any atom is 0.227 e. The van der Waals surface area contributed by atoms with Crippen molar-refractivity contribution < 1.29 is 13.5 Å². The van der Waals surface area contributed by atoms with Gasteiger partial charge in [0.25, 0.3) is 0 Å². The largest absolute Gasteiger partial charge is 0.435 e. The minimum atomic E-state index is -1.06. The van der Waals surface area contributed by atoms with E-state index in [0.29, 0.717) is 22.5 Å². The second kappa shape index (κ2) is 6.13. The van der Waals surface area contributed by atoms with E-state index in [1.165, 1.54) is 6.07 Å². The molecule has 1 aromatic heterocycles. The fourth-order valence-electron chi connectivity index (χ4n) is 1.48. The van der Waals surface area contributed by atoms with Crippen LogP contribution in [0.1, 0.15) is 12.5 Å². The second-order valence-electron chi connectivity index (χ2n) is 4.01. The lowest BCUT2D eigenvalue weighted by atomic mass is 10.3. The number of anilines is 1. The van der Waals surface area contributed by atoms with Gasteiger partial charge in [0.05, 0.1) is 0 Å². The van der Waals surface area contributed by atoms with Crippen molar-refractivity contribution in [2.45, 2.75) is 13.8 Å². The molecule has 106 valence electrons. The van der Waals surface area contributed by atoms with E-state index >= 15 is 0 Å². The highest BCUT2D eigenvalue weighted by atomic mass is 79.9. The number of benzene rings is 1. The van der Waals surface area contributed by atoms with Crippen molar-refractivity contribution in [1.82, 2.24) is 9.97 Å². The molecule has 0 unspecified atom stereocenters. The van der Waals surface area contributed by atoms with Gasteiger partial charge in [0.1, 0.15) is 0 Å². The number of halogens is 3. The van der Waals surface area contributed by atoms with Gasteiger partial charge >= 0.3 is 0 Å². The van der Waals surface area contributed by atoms with Gasteiger partial charge in [0.2, 0.25) is 17.6 Å². The summed E-state index contributed by atoms with van der Waals surface area (Å²) in [4.78, 5) is 8.16. The summed E-state index contributed by atoms with van der Waals surface area (Å²) in [6.45, 7) is 4.26. The Morgan fingerprint density at radius 3 is 2.80 bits per heavy atom. The number of hydrogen-bond acceptors (Lipinski definition) is 4. The second-order valence-corrected chi connectivity index (χ2v) is 4.93. The average Bonchev–Trinajstić information content (AvgIpc) is 2.39. The Kier molecular flexibility index (Phi) is 4.49. The van der Waals surface area contributed by atoms with Crippen LogP contribution >= 0.6 is 15.9 Å². The van der Waals surface area contributed by atoms with Gasteiger partial charge in [-0.15, -0.1) is 0 Å². The lowest BCUT2D eigenvalue weighted by molar-refractivity contribution is 0.402. The van der Waals surface area contributed by atoms with Gasteiger partial charge in [0, 0.05) is 22.8 Å². The van der Waals surface area contributed by atoms with Gasteiger partial charge in [-0.05, 0) is 26.0 Å². The lowest BCUT2D eigenvalue weighted by Crippen LogP contribution is -2.04. The fraction of sp³-hybridized carbons (Fsp3) is 0.231. The highest BCUT2D eigenvalue weighted by molar-refractivity contribution is 9.10. The molecule has 0 bridgehead atoms. The zero-order valence-corrected chi connectivity index (χ0v) is 12.5. The minimum absolute atomic E-state index is 0.173. The first-order valence-corrected chi connectivity index (χ1v) is 6.70. The van der Waals surface area contributed by atoms with Gasteiger partial charge in [0.15, 0.2) is 11.6 Å². The van der Waals surface area contributed by atoms with Crippen molar-refractivity contribution in [3.63, 3.8) is 0 Å². The molecule has 1 N–H and O–H groups in total. The number of nitrogens with one attached hydrogen (secondary N) is 1. The Labute approximate surface area is 123 Å². The standard InChI is InChI=1S/C13H12BrF2N3O/c1-3-17-13-18-6-7(2)12(19-13)20-10-5-8(14)4-9(15)11(10)16/h4-6H,3H2,1-2H3,(H,17,18,19). The molecule has 0 saturated heterocycles. The maximum absolute atomic E-state index is 13.7. The van der Waals surface area contributed by atoms with E-state index in [4.69, 9.17) is 4.74 Å². The summed E-state index contributed by atoms with van der Waals surface area (Å²) in [5.74, 6) is -1.75. The summed E-state index contributed by atoms with van der Waals surface area (Å²) in [5, 5.41) is 2.92. The van der Waals surface area contributed by atoms with Crippen LogP contribution in [0, 0.1) is 18.6 Å². The average molecular weight is 344 g/mol. The summed E-state index contributed by atoms with van der Waals surface area (Å²) in [7, 11) is 0. The molecule has 0 saturated carbocycles. The summed E-state index contributed by atoms with van der Waals surface area (Å²) in [6, 6.07) is 2.37. The highest BCUT2D eigenvalue weighted by Gasteiger charge is 2.14. The normalized spacial score (nSPS) is 10.4. The summed E-state index contributed by atoms with van der Waals surface area (Å²) >= 11 is 3.09. The van der Waals surface area contributed by atoms with Crippen molar-refractivity contribution in [3.05, 3.63) is 40.0 Å². The van der Waals surface area contributed by atoms with Crippen LogP contribution in [0.25, 0.3) is 0 Å². The molecule has 0 spiro atoms. The number of nitrogens with zero attached hydrogens (tertiary/aromatic N) is 2. The van der Waals surface area contributed by atoms with Crippen molar-refractivity contribution in [3.8, 4) is 11.6 Å². The smallest absolute Gasteiger partial charge is 0.227 e. The van der Waals surface area contributed by atoms with Crippen LogP contribution in [0.2, 0.25) is 0 Å². The van der Waals surface area contributed by atoms with Gasteiger partial charge < -0.3 is 10.1 Å². The molecule has 0 radical (unpaired) electrons. The zero-order chi connectivity index (χ0) is 14.7. The van der Waals surface area contributed by atoms with Crippen molar-refractivity contribution in [1.29, 1.82) is 0 Å². The molecule has 0 aliphatic carbocycles. The minimum Gasteiger partial charge on any atom is -0.435 e. The topological polar surface area (TPSA) is 47.0 Å². The van der Waals surface area contributed by atoms with E-state index in [1.807, 2.05) is 6.92 Å². The number of hydrogen-bond donors (Lipinski definition) is 1. The van der Waals surface area contributed by atoms with E-state index in [2.05, 4.69) is 31.2 Å². The molecule has 0 aliphatic rings. The van der Waals surface area contributed by atoms with E-state index < -0.39 is 11.6 Å². The number of aryl methyl sites for hydroxylation is 1. The predicted molar refractivity (Wildman–Crippen MR) is 75.1 cm³/mol. The zero-order valence-electron chi connectivity index (χ0n) is 10.9. The quantitative estimate of drug-likeness (QED) is 0.850. The summed E-state index contributed by atoms with van der Waals surface area (Å²) in [6.07, 6.45) is 1.55. The van der Waals surface area contributed by atoms with Crippen LogP contribution in [-0.4, -0.2) is 16.5 Å². The third kappa shape index (κ3) is 3.22. The molecule has 7 heteroatoms. The van der Waals surface area contributed by atoms with Gasteiger partial charge in [-0.2, -0.15) is 9.37 Å². The van der Waals surface area contributed by atoms with E-state index in [1.54, 1.807) is 13.1 Å².